The smallest absolute Gasteiger partial charge is 0.0813 e. The van der Waals surface area contributed by atoms with Gasteiger partial charge in [0.05, 0.1) is 11.8 Å². The minimum atomic E-state index is -0.161. The SMILES string of the molecule is CCCC(N)NOC(C)(C)C. The summed E-state index contributed by atoms with van der Waals surface area (Å²) in [5, 5.41) is 0. The average Bonchev–Trinajstić information content (AvgIpc) is 1.83. The maximum atomic E-state index is 5.66. The summed E-state index contributed by atoms with van der Waals surface area (Å²) >= 11 is 0. The Morgan fingerprint density at radius 3 is 2.36 bits per heavy atom. The van der Waals surface area contributed by atoms with Crippen LogP contribution in [0.1, 0.15) is 40.5 Å². The van der Waals surface area contributed by atoms with Crippen LogP contribution in [-0.4, -0.2) is 11.8 Å². The third kappa shape index (κ3) is 7.78. The first-order chi connectivity index (χ1) is 4.95. The highest BCUT2D eigenvalue weighted by molar-refractivity contribution is 4.58. The Hall–Kier alpha value is -0.120. The van der Waals surface area contributed by atoms with Crippen LogP contribution in [0.5, 0.6) is 0 Å². The van der Waals surface area contributed by atoms with Gasteiger partial charge in [-0.25, -0.2) is 0 Å². The summed E-state index contributed by atoms with van der Waals surface area (Å²) in [4.78, 5) is 5.27. The van der Waals surface area contributed by atoms with E-state index in [2.05, 4.69) is 12.4 Å². The summed E-state index contributed by atoms with van der Waals surface area (Å²) in [5.74, 6) is 0. The lowest BCUT2D eigenvalue weighted by Gasteiger charge is -2.22. The maximum absolute atomic E-state index is 5.66. The van der Waals surface area contributed by atoms with Gasteiger partial charge in [0.1, 0.15) is 0 Å². The Kier molecular flexibility index (Phi) is 4.65. The van der Waals surface area contributed by atoms with E-state index in [9.17, 15) is 0 Å². The summed E-state index contributed by atoms with van der Waals surface area (Å²) in [7, 11) is 0. The Morgan fingerprint density at radius 2 is 2.00 bits per heavy atom. The molecule has 68 valence electrons. The second kappa shape index (κ2) is 4.70. The molecule has 0 aliphatic heterocycles. The first kappa shape index (κ1) is 10.9. The molecule has 0 radical (unpaired) electrons. The van der Waals surface area contributed by atoms with Gasteiger partial charge in [-0.3, -0.25) is 4.84 Å². The molecule has 0 heterocycles. The average molecular weight is 160 g/mol. The van der Waals surface area contributed by atoms with Crippen LogP contribution in [0.4, 0.5) is 0 Å². The van der Waals surface area contributed by atoms with Crippen molar-refractivity contribution in [3.05, 3.63) is 0 Å². The second-order valence-electron chi connectivity index (χ2n) is 3.73. The molecule has 0 rings (SSSR count). The highest BCUT2D eigenvalue weighted by Crippen LogP contribution is 2.04. The zero-order valence-corrected chi connectivity index (χ0v) is 7.98. The van der Waals surface area contributed by atoms with Crippen molar-refractivity contribution >= 4 is 0 Å². The van der Waals surface area contributed by atoms with Crippen molar-refractivity contribution in [2.45, 2.75) is 52.3 Å². The number of nitrogens with one attached hydrogen (secondary N) is 1. The summed E-state index contributed by atoms with van der Waals surface area (Å²) < 4.78 is 0. The molecule has 11 heavy (non-hydrogen) atoms. The Labute approximate surface area is 69.3 Å². The molecule has 0 fully saturated rings. The molecule has 3 N–H and O–H groups in total. The van der Waals surface area contributed by atoms with Crippen molar-refractivity contribution in [1.82, 2.24) is 5.48 Å². The topological polar surface area (TPSA) is 47.3 Å². The van der Waals surface area contributed by atoms with Crippen LogP contribution in [-0.2, 0) is 4.84 Å². The molecule has 0 saturated carbocycles. The van der Waals surface area contributed by atoms with E-state index in [1.54, 1.807) is 0 Å². The van der Waals surface area contributed by atoms with Crippen molar-refractivity contribution in [3.8, 4) is 0 Å². The molecule has 3 heteroatoms. The lowest BCUT2D eigenvalue weighted by atomic mass is 10.2. The third-order valence-corrected chi connectivity index (χ3v) is 1.12. The summed E-state index contributed by atoms with van der Waals surface area (Å²) in [5.41, 5.74) is 8.30. The fourth-order valence-electron chi connectivity index (χ4n) is 0.622. The van der Waals surface area contributed by atoms with Gasteiger partial charge in [-0.15, -0.1) is 0 Å². The Morgan fingerprint density at radius 1 is 1.45 bits per heavy atom. The molecule has 0 saturated heterocycles. The van der Waals surface area contributed by atoms with E-state index < -0.39 is 0 Å². The van der Waals surface area contributed by atoms with E-state index in [0.717, 1.165) is 12.8 Å². The number of rotatable bonds is 4. The highest BCUT2D eigenvalue weighted by Gasteiger charge is 2.11. The fourth-order valence-corrected chi connectivity index (χ4v) is 0.622. The van der Waals surface area contributed by atoms with E-state index in [0.29, 0.717) is 0 Å². The van der Waals surface area contributed by atoms with Gasteiger partial charge in [-0.2, -0.15) is 5.48 Å². The minimum Gasteiger partial charge on any atom is -0.314 e. The van der Waals surface area contributed by atoms with Crippen LogP contribution < -0.4 is 11.2 Å². The molecule has 0 spiro atoms. The minimum absolute atomic E-state index is 0.0424. The predicted molar refractivity (Wildman–Crippen MR) is 46.9 cm³/mol. The van der Waals surface area contributed by atoms with E-state index in [4.69, 9.17) is 10.6 Å². The van der Waals surface area contributed by atoms with Gasteiger partial charge in [0.25, 0.3) is 0 Å². The van der Waals surface area contributed by atoms with Gasteiger partial charge in [-0.1, -0.05) is 13.3 Å². The van der Waals surface area contributed by atoms with Gasteiger partial charge >= 0.3 is 0 Å². The molecule has 0 aromatic carbocycles. The number of nitrogens with two attached hydrogens (primary N) is 1. The molecule has 1 atom stereocenters. The number of hydrogen-bond donors (Lipinski definition) is 2. The third-order valence-electron chi connectivity index (χ3n) is 1.12. The number of hydrogen-bond acceptors (Lipinski definition) is 3. The maximum Gasteiger partial charge on any atom is 0.0813 e. The highest BCUT2D eigenvalue weighted by atomic mass is 16.7. The predicted octanol–water partition coefficient (Wildman–Crippen LogP) is 1.39. The molecule has 0 bridgehead atoms. The van der Waals surface area contributed by atoms with E-state index >= 15 is 0 Å². The molecule has 0 aliphatic rings. The van der Waals surface area contributed by atoms with E-state index in [1.165, 1.54) is 0 Å². The molecule has 0 aliphatic carbocycles. The molecular weight excluding hydrogens is 140 g/mol. The lowest BCUT2D eigenvalue weighted by molar-refractivity contribution is -0.0885. The quantitative estimate of drug-likeness (QED) is 0.482. The van der Waals surface area contributed by atoms with Crippen LogP contribution in [0.3, 0.4) is 0 Å². The van der Waals surface area contributed by atoms with Gasteiger partial charge in [-0.05, 0) is 27.2 Å². The molecule has 0 aromatic rings. The van der Waals surface area contributed by atoms with Crippen molar-refractivity contribution in [2.24, 2.45) is 5.73 Å². The molecular formula is C8H20N2O. The van der Waals surface area contributed by atoms with Crippen LogP contribution >= 0.6 is 0 Å². The first-order valence-electron chi connectivity index (χ1n) is 4.15. The van der Waals surface area contributed by atoms with Gasteiger partial charge in [0.2, 0.25) is 0 Å². The molecule has 3 nitrogen and oxygen atoms in total. The van der Waals surface area contributed by atoms with Crippen LogP contribution in [0.25, 0.3) is 0 Å². The van der Waals surface area contributed by atoms with Crippen molar-refractivity contribution in [2.75, 3.05) is 0 Å². The van der Waals surface area contributed by atoms with Crippen molar-refractivity contribution in [3.63, 3.8) is 0 Å². The normalized spacial score (nSPS) is 15.0. The Balaban J connectivity index is 3.38. The lowest BCUT2D eigenvalue weighted by Crippen LogP contribution is -2.41. The number of hydroxylamine groups is 1. The Bertz CT molecular complexity index is 98.8. The van der Waals surface area contributed by atoms with E-state index in [1.807, 2.05) is 20.8 Å². The molecule has 0 aromatic heterocycles. The zero-order chi connectivity index (χ0) is 8.91. The zero-order valence-electron chi connectivity index (χ0n) is 7.98. The largest absolute Gasteiger partial charge is 0.314 e. The summed E-state index contributed by atoms with van der Waals surface area (Å²) in [6, 6.07) is 0. The summed E-state index contributed by atoms with van der Waals surface area (Å²) in [6.07, 6.45) is 1.97. The second-order valence-corrected chi connectivity index (χ2v) is 3.73. The van der Waals surface area contributed by atoms with Gasteiger partial charge in [0.15, 0.2) is 0 Å². The van der Waals surface area contributed by atoms with Crippen molar-refractivity contribution in [1.29, 1.82) is 0 Å². The first-order valence-corrected chi connectivity index (χ1v) is 4.15. The van der Waals surface area contributed by atoms with Gasteiger partial charge in [0, 0.05) is 0 Å². The van der Waals surface area contributed by atoms with Crippen molar-refractivity contribution < 1.29 is 4.84 Å². The summed E-state index contributed by atoms with van der Waals surface area (Å²) in [6.45, 7) is 8.05. The van der Waals surface area contributed by atoms with Crippen LogP contribution in [0, 0.1) is 0 Å². The van der Waals surface area contributed by atoms with Crippen LogP contribution in [0.15, 0.2) is 0 Å². The van der Waals surface area contributed by atoms with Crippen LogP contribution in [0.2, 0.25) is 0 Å². The van der Waals surface area contributed by atoms with Gasteiger partial charge < -0.3 is 5.73 Å². The van der Waals surface area contributed by atoms with E-state index in [-0.39, 0.29) is 11.8 Å². The monoisotopic (exact) mass is 160 g/mol. The molecule has 1 unspecified atom stereocenters. The standard InChI is InChI=1S/C8H20N2O/c1-5-6-7(9)10-11-8(2,3)4/h7,10H,5-6,9H2,1-4H3. The molecule has 0 amide bonds. The fraction of sp³-hybridized carbons (Fsp3) is 1.00.